The van der Waals surface area contributed by atoms with Crippen molar-refractivity contribution in [3.05, 3.63) is 70.3 Å². The third kappa shape index (κ3) is 2.88. The van der Waals surface area contributed by atoms with Gasteiger partial charge in [-0.15, -0.1) is 0 Å². The number of hydrogen-bond donors (Lipinski definition) is 1. The van der Waals surface area contributed by atoms with Crippen molar-refractivity contribution in [3.63, 3.8) is 0 Å². The normalized spacial score (nSPS) is 12.4. The number of rotatable bonds is 4. The smallest absolute Gasteiger partial charge is 0.162 e. The number of hydrogen-bond acceptors (Lipinski definition) is 1. The summed E-state index contributed by atoms with van der Waals surface area (Å²) in [6, 6.07) is 10.4. The minimum absolute atomic E-state index is 0.0347. The predicted molar refractivity (Wildman–Crippen MR) is 77.8 cm³/mol. The Bertz CT molecular complexity index is 588. The molecule has 0 radical (unpaired) electrons. The van der Waals surface area contributed by atoms with E-state index in [9.17, 15) is 8.78 Å². The molecule has 0 heterocycles. The average Bonchev–Trinajstić information content (AvgIpc) is 2.42. The number of aryl methyl sites for hydroxylation is 2. The molecule has 0 saturated carbocycles. The third-order valence-corrected chi connectivity index (χ3v) is 3.69. The van der Waals surface area contributed by atoms with Crippen LogP contribution in [0.25, 0.3) is 0 Å². The summed E-state index contributed by atoms with van der Waals surface area (Å²) in [7, 11) is 1.84. The molecule has 0 spiro atoms. The number of benzene rings is 2. The van der Waals surface area contributed by atoms with Gasteiger partial charge in [-0.3, -0.25) is 0 Å². The van der Waals surface area contributed by atoms with Crippen LogP contribution in [0.2, 0.25) is 0 Å². The van der Waals surface area contributed by atoms with E-state index in [1.807, 2.05) is 39.1 Å². The molecule has 106 valence electrons. The Morgan fingerprint density at radius 2 is 1.60 bits per heavy atom. The van der Waals surface area contributed by atoms with Crippen molar-refractivity contribution in [2.24, 2.45) is 0 Å². The molecule has 3 heteroatoms. The first-order valence-electron chi connectivity index (χ1n) is 6.71. The van der Waals surface area contributed by atoms with Crippen LogP contribution in [0, 0.1) is 25.5 Å². The molecule has 1 atom stereocenters. The van der Waals surface area contributed by atoms with Crippen LogP contribution in [0.5, 0.6) is 0 Å². The highest BCUT2D eigenvalue weighted by Gasteiger charge is 2.17. The molecule has 2 rings (SSSR count). The number of halogens is 2. The zero-order valence-electron chi connectivity index (χ0n) is 12.0. The standard InChI is InChI=1S/C17H19F2N/c1-11-6-4-7-12(2)16(11)15(20-3)10-13-8-5-9-14(18)17(13)19/h4-9,15,20H,10H2,1-3H3. The van der Waals surface area contributed by atoms with Crippen molar-refractivity contribution >= 4 is 0 Å². The molecular formula is C17H19F2N. The summed E-state index contributed by atoms with van der Waals surface area (Å²) in [5.74, 6) is -1.54. The van der Waals surface area contributed by atoms with E-state index in [0.29, 0.717) is 12.0 Å². The first kappa shape index (κ1) is 14.7. The molecular weight excluding hydrogens is 256 g/mol. The average molecular weight is 275 g/mol. The molecule has 0 aliphatic carbocycles. The lowest BCUT2D eigenvalue weighted by atomic mass is 9.91. The van der Waals surface area contributed by atoms with Gasteiger partial charge in [-0.2, -0.15) is 0 Å². The summed E-state index contributed by atoms with van der Waals surface area (Å²) < 4.78 is 27.1. The van der Waals surface area contributed by atoms with Crippen molar-refractivity contribution < 1.29 is 8.78 Å². The lowest BCUT2D eigenvalue weighted by molar-refractivity contribution is 0.486. The van der Waals surface area contributed by atoms with Gasteiger partial charge in [0.15, 0.2) is 11.6 Å². The second-order valence-corrected chi connectivity index (χ2v) is 5.06. The van der Waals surface area contributed by atoms with Crippen molar-refractivity contribution in [2.45, 2.75) is 26.3 Å². The molecule has 1 unspecified atom stereocenters. The maximum Gasteiger partial charge on any atom is 0.162 e. The van der Waals surface area contributed by atoms with Crippen LogP contribution in [0.3, 0.4) is 0 Å². The molecule has 0 aliphatic heterocycles. The molecule has 2 aromatic carbocycles. The molecule has 0 fully saturated rings. The summed E-state index contributed by atoms with van der Waals surface area (Å²) in [4.78, 5) is 0. The monoisotopic (exact) mass is 275 g/mol. The molecule has 1 nitrogen and oxygen atoms in total. The van der Waals surface area contributed by atoms with E-state index in [1.54, 1.807) is 12.1 Å². The molecule has 2 aromatic rings. The minimum Gasteiger partial charge on any atom is -0.313 e. The molecule has 0 aromatic heterocycles. The summed E-state index contributed by atoms with van der Waals surface area (Å²) in [6.07, 6.45) is 0.422. The maximum absolute atomic E-state index is 13.8. The van der Waals surface area contributed by atoms with Gasteiger partial charge in [0.2, 0.25) is 0 Å². The Labute approximate surface area is 118 Å². The fourth-order valence-electron chi connectivity index (χ4n) is 2.65. The highest BCUT2D eigenvalue weighted by Crippen LogP contribution is 2.26. The van der Waals surface area contributed by atoms with Gasteiger partial charge >= 0.3 is 0 Å². The first-order chi connectivity index (χ1) is 9.54. The SMILES string of the molecule is CNC(Cc1cccc(F)c1F)c1c(C)cccc1C. The van der Waals surface area contributed by atoms with E-state index < -0.39 is 11.6 Å². The fraction of sp³-hybridized carbons (Fsp3) is 0.294. The molecule has 1 N–H and O–H groups in total. The van der Waals surface area contributed by atoms with E-state index in [2.05, 4.69) is 5.32 Å². The Kier molecular flexibility index (Phi) is 4.50. The lowest BCUT2D eigenvalue weighted by Gasteiger charge is -2.21. The van der Waals surface area contributed by atoms with E-state index in [1.165, 1.54) is 0 Å². The van der Waals surface area contributed by atoms with Crippen molar-refractivity contribution in [2.75, 3.05) is 7.05 Å². The van der Waals surface area contributed by atoms with E-state index in [4.69, 9.17) is 0 Å². The van der Waals surface area contributed by atoms with E-state index in [-0.39, 0.29) is 6.04 Å². The topological polar surface area (TPSA) is 12.0 Å². The van der Waals surface area contributed by atoms with Gasteiger partial charge in [-0.25, -0.2) is 8.78 Å². The van der Waals surface area contributed by atoms with Crippen LogP contribution >= 0.6 is 0 Å². The van der Waals surface area contributed by atoms with Gasteiger partial charge in [-0.05, 0) is 55.6 Å². The third-order valence-electron chi connectivity index (χ3n) is 3.69. The molecule has 0 saturated heterocycles. The first-order valence-corrected chi connectivity index (χ1v) is 6.71. The van der Waals surface area contributed by atoms with Gasteiger partial charge in [-0.1, -0.05) is 30.3 Å². The highest BCUT2D eigenvalue weighted by molar-refractivity contribution is 5.37. The van der Waals surface area contributed by atoms with Gasteiger partial charge < -0.3 is 5.32 Å². The Morgan fingerprint density at radius 1 is 1.00 bits per heavy atom. The maximum atomic E-state index is 13.8. The van der Waals surface area contributed by atoms with Crippen molar-refractivity contribution in [1.29, 1.82) is 0 Å². The van der Waals surface area contributed by atoms with Crippen LogP contribution in [-0.4, -0.2) is 7.05 Å². The predicted octanol–water partition coefficient (Wildman–Crippen LogP) is 4.08. The zero-order chi connectivity index (χ0) is 14.7. The Balaban J connectivity index is 2.37. The number of nitrogens with one attached hydrogen (secondary N) is 1. The van der Waals surface area contributed by atoms with E-state index in [0.717, 1.165) is 22.8 Å². The minimum atomic E-state index is -0.793. The van der Waals surface area contributed by atoms with E-state index >= 15 is 0 Å². The summed E-state index contributed by atoms with van der Waals surface area (Å²) >= 11 is 0. The lowest BCUT2D eigenvalue weighted by Crippen LogP contribution is -2.21. The molecule has 20 heavy (non-hydrogen) atoms. The summed E-state index contributed by atoms with van der Waals surface area (Å²) in [5, 5.41) is 3.21. The zero-order valence-corrected chi connectivity index (χ0v) is 12.0. The van der Waals surface area contributed by atoms with Crippen molar-refractivity contribution in [1.82, 2.24) is 5.32 Å². The summed E-state index contributed by atoms with van der Waals surface area (Å²) in [6.45, 7) is 4.07. The Morgan fingerprint density at radius 3 is 2.20 bits per heavy atom. The second kappa shape index (κ2) is 6.14. The van der Waals surface area contributed by atoms with Crippen LogP contribution in [0.15, 0.2) is 36.4 Å². The Hall–Kier alpha value is -1.74. The molecule has 0 aliphatic rings. The van der Waals surface area contributed by atoms with Crippen LogP contribution in [0.1, 0.15) is 28.3 Å². The molecule has 0 bridgehead atoms. The second-order valence-electron chi connectivity index (χ2n) is 5.06. The van der Waals surface area contributed by atoms with Gasteiger partial charge in [0.25, 0.3) is 0 Å². The summed E-state index contributed by atoms with van der Waals surface area (Å²) in [5.41, 5.74) is 3.85. The van der Waals surface area contributed by atoms with Crippen LogP contribution in [0.4, 0.5) is 8.78 Å². The quantitative estimate of drug-likeness (QED) is 0.886. The largest absolute Gasteiger partial charge is 0.313 e. The fourth-order valence-corrected chi connectivity index (χ4v) is 2.65. The van der Waals surface area contributed by atoms with Crippen LogP contribution in [-0.2, 0) is 6.42 Å². The van der Waals surface area contributed by atoms with Crippen molar-refractivity contribution in [3.8, 4) is 0 Å². The highest BCUT2D eigenvalue weighted by atomic mass is 19.2. The van der Waals surface area contributed by atoms with Crippen LogP contribution < -0.4 is 5.32 Å². The van der Waals surface area contributed by atoms with Gasteiger partial charge in [0, 0.05) is 6.04 Å². The molecule has 0 amide bonds. The number of likely N-dealkylation sites (N-methyl/N-ethyl adjacent to an activating group) is 1. The van der Waals surface area contributed by atoms with Gasteiger partial charge in [0.1, 0.15) is 0 Å². The van der Waals surface area contributed by atoms with Gasteiger partial charge in [0.05, 0.1) is 0 Å².